The third kappa shape index (κ3) is 4.67. The van der Waals surface area contributed by atoms with Crippen molar-refractivity contribution in [3.8, 4) is 11.3 Å². The number of aromatic amines is 1. The summed E-state index contributed by atoms with van der Waals surface area (Å²) in [5.74, 6) is -0.806. The van der Waals surface area contributed by atoms with Crippen LogP contribution < -0.4 is 0 Å². The molecule has 1 aliphatic rings. The van der Waals surface area contributed by atoms with Crippen molar-refractivity contribution in [1.29, 1.82) is 0 Å². The van der Waals surface area contributed by atoms with E-state index in [2.05, 4.69) is 39.1 Å². The fourth-order valence-electron chi connectivity index (χ4n) is 4.85. The summed E-state index contributed by atoms with van der Waals surface area (Å²) < 4.78 is 0. The maximum Gasteiger partial charge on any atom is 0.325 e. The molecule has 0 radical (unpaired) electrons. The normalized spacial score (nSPS) is 16.2. The van der Waals surface area contributed by atoms with Crippen LogP contribution in [0.3, 0.4) is 0 Å². The van der Waals surface area contributed by atoms with Gasteiger partial charge >= 0.3 is 5.97 Å². The zero-order valence-electron chi connectivity index (χ0n) is 19.1. The third-order valence-electron chi connectivity index (χ3n) is 6.56. The number of rotatable bonds is 7. The predicted octanol–water partition coefficient (Wildman–Crippen LogP) is 5.29. The van der Waals surface area contributed by atoms with Gasteiger partial charge in [0.25, 0.3) is 0 Å². The molecule has 0 bridgehead atoms. The summed E-state index contributed by atoms with van der Waals surface area (Å²) in [6.45, 7) is 3.97. The Morgan fingerprint density at radius 2 is 1.53 bits per heavy atom. The second-order valence-electron chi connectivity index (χ2n) is 8.72. The van der Waals surface area contributed by atoms with Gasteiger partial charge in [0.2, 0.25) is 0 Å². The van der Waals surface area contributed by atoms with Gasteiger partial charge < -0.3 is 10.1 Å². The van der Waals surface area contributed by atoms with Crippen molar-refractivity contribution in [1.82, 2.24) is 14.8 Å². The Balaban J connectivity index is 1.37. The molecule has 2 heterocycles. The van der Waals surface area contributed by atoms with Gasteiger partial charge in [0.05, 0.1) is 5.69 Å². The average Bonchev–Trinajstić information content (AvgIpc) is 3.25. The second kappa shape index (κ2) is 10.1. The first-order valence-electron chi connectivity index (χ1n) is 11.8. The number of piperazine rings is 1. The van der Waals surface area contributed by atoms with Gasteiger partial charge in [-0.25, -0.2) is 0 Å². The van der Waals surface area contributed by atoms with Crippen molar-refractivity contribution in [2.75, 3.05) is 32.7 Å². The summed E-state index contributed by atoms with van der Waals surface area (Å²) >= 11 is 0. The first-order valence-corrected chi connectivity index (χ1v) is 11.8. The van der Waals surface area contributed by atoms with Gasteiger partial charge in [-0.1, -0.05) is 91.0 Å². The Kier molecular flexibility index (Phi) is 6.56. The van der Waals surface area contributed by atoms with Gasteiger partial charge in [0.15, 0.2) is 0 Å². The van der Waals surface area contributed by atoms with Gasteiger partial charge in [0, 0.05) is 49.2 Å². The first kappa shape index (κ1) is 22.1. The molecule has 0 aliphatic carbocycles. The number of nitrogens with zero attached hydrogens (tertiary/aromatic N) is 2. The fourth-order valence-corrected chi connectivity index (χ4v) is 4.85. The van der Waals surface area contributed by atoms with Gasteiger partial charge in [0.1, 0.15) is 6.04 Å². The number of fused-ring (bicyclic) bond motifs is 1. The number of carboxylic acids is 1. The lowest BCUT2D eigenvalue weighted by Gasteiger charge is -2.37. The summed E-state index contributed by atoms with van der Waals surface area (Å²) in [4.78, 5) is 20.6. The van der Waals surface area contributed by atoms with Crippen molar-refractivity contribution < 1.29 is 9.90 Å². The number of hydrogen-bond donors (Lipinski definition) is 2. The number of carboxylic acid groups (broad SMARTS) is 1. The van der Waals surface area contributed by atoms with Crippen LogP contribution in [0, 0.1) is 0 Å². The van der Waals surface area contributed by atoms with Gasteiger partial charge in [-0.05, 0) is 17.2 Å². The van der Waals surface area contributed by atoms with E-state index in [1.165, 1.54) is 5.56 Å². The van der Waals surface area contributed by atoms with Gasteiger partial charge in [-0.3, -0.25) is 14.6 Å². The zero-order chi connectivity index (χ0) is 23.3. The van der Waals surface area contributed by atoms with Crippen molar-refractivity contribution >= 4 is 22.9 Å². The number of hydrogen-bond acceptors (Lipinski definition) is 3. The van der Waals surface area contributed by atoms with Gasteiger partial charge in [-0.2, -0.15) is 0 Å². The molecule has 34 heavy (non-hydrogen) atoms. The lowest BCUT2D eigenvalue weighted by Crippen LogP contribution is -2.49. The average molecular weight is 452 g/mol. The number of H-pyrrole nitrogens is 1. The van der Waals surface area contributed by atoms with E-state index in [-0.39, 0.29) is 0 Å². The standard InChI is InChI=1S/C29H29N3O2/c33-29(34)28(32-20-18-31(19-21-32)17-9-12-22-10-3-1-4-11-22)26-24-15-7-8-16-25(24)30-27(26)23-13-5-2-6-14-23/h1-16,28,30H,17-21H2,(H,33,34)/b12-9+/t28-/m1/s1. The summed E-state index contributed by atoms with van der Waals surface area (Å²) in [6.07, 6.45) is 4.33. The molecule has 2 N–H and O–H groups in total. The van der Waals surface area contributed by atoms with Crippen LogP contribution in [0.1, 0.15) is 17.2 Å². The minimum atomic E-state index is -0.806. The van der Waals surface area contributed by atoms with E-state index >= 15 is 0 Å². The van der Waals surface area contributed by atoms with E-state index < -0.39 is 12.0 Å². The Hall–Kier alpha value is -3.67. The number of para-hydroxylation sites is 1. The predicted molar refractivity (Wildman–Crippen MR) is 138 cm³/mol. The van der Waals surface area contributed by atoms with Crippen LogP contribution in [0.4, 0.5) is 0 Å². The van der Waals surface area contributed by atoms with E-state index in [0.29, 0.717) is 13.1 Å². The molecule has 1 saturated heterocycles. The van der Waals surface area contributed by atoms with Crippen molar-refractivity contribution in [3.05, 3.63) is 102 Å². The number of aliphatic carboxylic acids is 1. The van der Waals surface area contributed by atoms with Crippen LogP contribution in [0.15, 0.2) is 91.0 Å². The first-order chi connectivity index (χ1) is 16.7. The van der Waals surface area contributed by atoms with Crippen molar-refractivity contribution in [2.24, 2.45) is 0 Å². The quantitative estimate of drug-likeness (QED) is 0.401. The highest BCUT2D eigenvalue weighted by Gasteiger charge is 2.34. The Morgan fingerprint density at radius 1 is 0.882 bits per heavy atom. The van der Waals surface area contributed by atoms with Gasteiger partial charge in [-0.15, -0.1) is 0 Å². The molecular weight excluding hydrogens is 422 g/mol. The molecule has 5 heteroatoms. The molecule has 3 aromatic carbocycles. The van der Waals surface area contributed by atoms with Crippen LogP contribution in [0.25, 0.3) is 28.2 Å². The lowest BCUT2D eigenvalue weighted by atomic mass is 9.97. The van der Waals surface area contributed by atoms with Crippen molar-refractivity contribution in [2.45, 2.75) is 6.04 Å². The number of benzene rings is 3. The second-order valence-corrected chi connectivity index (χ2v) is 8.72. The van der Waals surface area contributed by atoms with E-state index in [4.69, 9.17) is 0 Å². The smallest absolute Gasteiger partial charge is 0.325 e. The van der Waals surface area contributed by atoms with Crippen molar-refractivity contribution in [3.63, 3.8) is 0 Å². The summed E-state index contributed by atoms with van der Waals surface area (Å²) in [6, 6.07) is 27.6. The lowest BCUT2D eigenvalue weighted by molar-refractivity contribution is -0.144. The van der Waals surface area contributed by atoms with Crippen LogP contribution in [-0.2, 0) is 4.79 Å². The summed E-state index contributed by atoms with van der Waals surface area (Å²) in [5.41, 5.74) is 4.91. The number of aromatic nitrogens is 1. The molecule has 1 aromatic heterocycles. The molecule has 0 amide bonds. The van der Waals surface area contributed by atoms with Crippen LogP contribution in [0.2, 0.25) is 0 Å². The number of nitrogens with one attached hydrogen (secondary N) is 1. The molecule has 1 aliphatic heterocycles. The molecule has 0 saturated carbocycles. The molecular formula is C29H29N3O2. The Bertz CT molecular complexity index is 1270. The highest BCUT2D eigenvalue weighted by molar-refractivity contribution is 5.95. The monoisotopic (exact) mass is 451 g/mol. The molecule has 1 fully saturated rings. The minimum absolute atomic E-state index is 0.701. The highest BCUT2D eigenvalue weighted by Crippen LogP contribution is 2.37. The topological polar surface area (TPSA) is 59.6 Å². The maximum absolute atomic E-state index is 12.7. The summed E-state index contributed by atoms with van der Waals surface area (Å²) in [5, 5.41) is 11.4. The van der Waals surface area contributed by atoms with E-state index in [9.17, 15) is 9.90 Å². The highest BCUT2D eigenvalue weighted by atomic mass is 16.4. The summed E-state index contributed by atoms with van der Waals surface area (Å²) in [7, 11) is 0. The third-order valence-corrected chi connectivity index (χ3v) is 6.56. The fraction of sp³-hybridized carbons (Fsp3) is 0.207. The zero-order valence-corrected chi connectivity index (χ0v) is 19.1. The maximum atomic E-state index is 12.7. The molecule has 5 nitrogen and oxygen atoms in total. The van der Waals surface area contributed by atoms with Crippen LogP contribution in [0.5, 0.6) is 0 Å². The van der Waals surface area contributed by atoms with E-state index in [1.807, 2.05) is 72.8 Å². The molecule has 4 aromatic rings. The van der Waals surface area contributed by atoms with E-state index in [1.54, 1.807) is 0 Å². The molecule has 1 atom stereocenters. The minimum Gasteiger partial charge on any atom is -0.480 e. The molecule has 5 rings (SSSR count). The molecule has 172 valence electrons. The van der Waals surface area contributed by atoms with E-state index in [0.717, 1.165) is 47.4 Å². The largest absolute Gasteiger partial charge is 0.480 e. The van der Waals surface area contributed by atoms with Crippen LogP contribution >= 0.6 is 0 Å². The molecule has 0 spiro atoms. The Labute approximate surface area is 200 Å². The molecule has 0 unspecified atom stereocenters. The SMILES string of the molecule is O=C(O)[C@@H](c1c(-c2ccccc2)[nH]c2ccccc12)N1CCN(C/C=C/c2ccccc2)CC1. The Morgan fingerprint density at radius 3 is 2.24 bits per heavy atom. The van der Waals surface area contributed by atoms with Crippen LogP contribution in [-0.4, -0.2) is 58.6 Å². The number of carbonyl (C=O) groups is 1.